The molecule has 246 valence electrons. The SMILES string of the molecule is O=C1CCC(N2C(=O)c3ccc(NCCCC4CC(n5cc(-c6cnc7ccc(N8CCNCC8)cc7n6)cn5)C4)cc3C2=O)C(=O)N1. The normalized spacial score (nSPS) is 22.5. The number of carbonyl (C=O) groups is 4. The average Bonchev–Trinajstić information content (AvgIpc) is 3.66. The molecule has 1 atom stereocenters. The van der Waals surface area contributed by atoms with Gasteiger partial charge in [-0.3, -0.25) is 39.1 Å². The zero-order valence-electron chi connectivity index (χ0n) is 26.5. The summed E-state index contributed by atoms with van der Waals surface area (Å²) in [4.78, 5) is 62.8. The van der Waals surface area contributed by atoms with Gasteiger partial charge < -0.3 is 15.5 Å². The van der Waals surface area contributed by atoms with E-state index in [1.807, 2.05) is 18.5 Å². The quantitative estimate of drug-likeness (QED) is 0.182. The van der Waals surface area contributed by atoms with Crippen LogP contribution in [0.1, 0.15) is 65.3 Å². The van der Waals surface area contributed by atoms with Crippen LogP contribution in [0.15, 0.2) is 55.0 Å². The third kappa shape index (κ3) is 5.68. The smallest absolute Gasteiger partial charge is 0.262 e. The fourth-order valence-electron chi connectivity index (χ4n) is 7.29. The van der Waals surface area contributed by atoms with E-state index < -0.39 is 23.8 Å². The van der Waals surface area contributed by atoms with E-state index >= 15 is 0 Å². The number of anilines is 2. The Labute approximate surface area is 277 Å². The number of imide groups is 2. The Morgan fingerprint density at radius 2 is 1.75 bits per heavy atom. The minimum atomic E-state index is -0.963. The lowest BCUT2D eigenvalue weighted by atomic mass is 9.77. The molecule has 2 saturated heterocycles. The Balaban J connectivity index is 0.819. The zero-order valence-corrected chi connectivity index (χ0v) is 26.5. The van der Waals surface area contributed by atoms with Crippen molar-refractivity contribution in [2.75, 3.05) is 42.9 Å². The maximum absolute atomic E-state index is 13.1. The van der Waals surface area contributed by atoms with Crippen LogP contribution < -0.4 is 20.9 Å². The van der Waals surface area contributed by atoms with E-state index in [0.717, 1.165) is 91.3 Å². The molecule has 3 N–H and O–H groups in total. The Hall–Kier alpha value is -5.17. The summed E-state index contributed by atoms with van der Waals surface area (Å²) in [5.41, 5.74) is 6.08. The van der Waals surface area contributed by atoms with Gasteiger partial charge in [0, 0.05) is 62.3 Å². The van der Waals surface area contributed by atoms with Crippen molar-refractivity contribution >= 4 is 46.0 Å². The van der Waals surface area contributed by atoms with Gasteiger partial charge in [0.2, 0.25) is 11.8 Å². The minimum Gasteiger partial charge on any atom is -0.385 e. The highest BCUT2D eigenvalue weighted by atomic mass is 16.2. The molecule has 4 aromatic rings. The first-order chi connectivity index (χ1) is 23.4. The van der Waals surface area contributed by atoms with Gasteiger partial charge in [-0.15, -0.1) is 0 Å². The number of nitrogens with zero attached hydrogens (tertiary/aromatic N) is 6. The highest BCUT2D eigenvalue weighted by Crippen LogP contribution is 2.40. The average molecular weight is 648 g/mol. The highest BCUT2D eigenvalue weighted by molar-refractivity contribution is 6.23. The predicted molar refractivity (Wildman–Crippen MR) is 178 cm³/mol. The van der Waals surface area contributed by atoms with Gasteiger partial charge >= 0.3 is 0 Å². The van der Waals surface area contributed by atoms with E-state index in [1.54, 1.807) is 18.2 Å². The first kappa shape index (κ1) is 30.2. The van der Waals surface area contributed by atoms with Crippen molar-refractivity contribution in [2.45, 2.75) is 50.6 Å². The summed E-state index contributed by atoms with van der Waals surface area (Å²) >= 11 is 0. The van der Waals surface area contributed by atoms with Gasteiger partial charge in [-0.2, -0.15) is 5.10 Å². The fraction of sp³-hybridized carbons (Fsp3) is 0.400. The number of amides is 4. The van der Waals surface area contributed by atoms with Crippen LogP contribution in [0.25, 0.3) is 22.3 Å². The number of fused-ring (bicyclic) bond motifs is 2. The second-order valence-corrected chi connectivity index (χ2v) is 13.1. The number of aromatic nitrogens is 4. The molecule has 4 amide bonds. The standard InChI is InChI=1S/C35H37N9O4/c45-32-8-7-31(33(46)41-32)44-34(47)26-5-3-23(16-27(26)35(44)48)37-9-1-2-21-14-25(15-21)43-20-22(18-39-43)30-19-38-28-6-4-24(17-29(28)40-30)42-12-10-36-11-13-42/h3-6,16-21,25,31,36-37H,1-2,7-15H2,(H,41,45,46). The molecular formula is C35H37N9O4. The molecule has 4 aliphatic rings. The maximum Gasteiger partial charge on any atom is 0.262 e. The number of hydrogen-bond acceptors (Lipinski definition) is 10. The molecule has 13 nitrogen and oxygen atoms in total. The van der Waals surface area contributed by atoms with Crippen molar-refractivity contribution in [1.82, 2.24) is 35.3 Å². The molecule has 13 heteroatoms. The molecule has 5 heterocycles. The topological polar surface area (TPSA) is 154 Å². The maximum atomic E-state index is 13.1. The third-order valence-electron chi connectivity index (χ3n) is 10.0. The van der Waals surface area contributed by atoms with Crippen molar-refractivity contribution in [3.05, 3.63) is 66.1 Å². The van der Waals surface area contributed by atoms with Gasteiger partial charge in [0.25, 0.3) is 11.8 Å². The van der Waals surface area contributed by atoms with Crippen LogP contribution in [-0.4, -0.2) is 87.0 Å². The van der Waals surface area contributed by atoms with Crippen LogP contribution in [-0.2, 0) is 9.59 Å². The molecule has 2 aromatic heterocycles. The molecule has 0 spiro atoms. The lowest BCUT2D eigenvalue weighted by Gasteiger charge is -2.35. The number of benzene rings is 2. The van der Waals surface area contributed by atoms with E-state index in [-0.39, 0.29) is 29.9 Å². The Bertz CT molecular complexity index is 1930. The second-order valence-electron chi connectivity index (χ2n) is 13.1. The van der Waals surface area contributed by atoms with E-state index in [1.165, 1.54) is 5.69 Å². The summed E-state index contributed by atoms with van der Waals surface area (Å²) in [6.07, 6.45) is 10.2. The number of hydrogen-bond donors (Lipinski definition) is 3. The summed E-state index contributed by atoms with van der Waals surface area (Å²) in [5.74, 6) is -1.37. The third-order valence-corrected chi connectivity index (χ3v) is 10.0. The molecule has 1 unspecified atom stereocenters. The molecule has 1 saturated carbocycles. The van der Waals surface area contributed by atoms with Gasteiger partial charge in [0.05, 0.1) is 46.3 Å². The van der Waals surface area contributed by atoms with Crippen LogP contribution >= 0.6 is 0 Å². The lowest BCUT2D eigenvalue weighted by Crippen LogP contribution is -2.54. The van der Waals surface area contributed by atoms with Crippen molar-refractivity contribution in [1.29, 1.82) is 0 Å². The summed E-state index contributed by atoms with van der Waals surface area (Å²) < 4.78 is 2.06. The molecule has 3 fully saturated rings. The predicted octanol–water partition coefficient (Wildman–Crippen LogP) is 3.15. The van der Waals surface area contributed by atoms with Gasteiger partial charge in [0.1, 0.15) is 6.04 Å². The number of piperazine rings is 1. The Kier molecular flexibility index (Phi) is 7.83. The first-order valence-corrected chi connectivity index (χ1v) is 16.8. The van der Waals surface area contributed by atoms with Crippen molar-refractivity contribution in [3.8, 4) is 11.3 Å². The van der Waals surface area contributed by atoms with Gasteiger partial charge in [0.15, 0.2) is 0 Å². The molecular weight excluding hydrogens is 610 g/mol. The van der Waals surface area contributed by atoms with Crippen LogP contribution in [0.5, 0.6) is 0 Å². The molecule has 8 rings (SSSR count). The molecule has 1 aliphatic carbocycles. The molecule has 3 aliphatic heterocycles. The second kappa shape index (κ2) is 12.5. The molecule has 0 radical (unpaired) electrons. The van der Waals surface area contributed by atoms with Crippen LogP contribution in [0.4, 0.5) is 11.4 Å². The van der Waals surface area contributed by atoms with Gasteiger partial charge in [-0.1, -0.05) is 0 Å². The Morgan fingerprint density at radius 1 is 0.917 bits per heavy atom. The lowest BCUT2D eigenvalue weighted by molar-refractivity contribution is -0.136. The van der Waals surface area contributed by atoms with Crippen LogP contribution in [0.3, 0.4) is 0 Å². The monoisotopic (exact) mass is 647 g/mol. The van der Waals surface area contributed by atoms with Crippen LogP contribution in [0.2, 0.25) is 0 Å². The number of piperidine rings is 1. The van der Waals surface area contributed by atoms with Gasteiger partial charge in [-0.25, -0.2) is 4.98 Å². The molecule has 48 heavy (non-hydrogen) atoms. The Morgan fingerprint density at radius 3 is 2.58 bits per heavy atom. The minimum absolute atomic E-state index is 0.0975. The first-order valence-electron chi connectivity index (χ1n) is 16.8. The molecule has 2 aromatic carbocycles. The number of nitrogens with one attached hydrogen (secondary N) is 3. The van der Waals surface area contributed by atoms with Crippen molar-refractivity contribution in [2.24, 2.45) is 5.92 Å². The van der Waals surface area contributed by atoms with Crippen LogP contribution in [0, 0.1) is 5.92 Å². The zero-order chi connectivity index (χ0) is 32.8. The van der Waals surface area contributed by atoms with E-state index in [0.29, 0.717) is 12.0 Å². The van der Waals surface area contributed by atoms with Crippen molar-refractivity contribution < 1.29 is 19.2 Å². The van der Waals surface area contributed by atoms with E-state index in [4.69, 9.17) is 4.98 Å². The molecule has 0 bridgehead atoms. The number of carbonyl (C=O) groups excluding carboxylic acids is 4. The summed E-state index contributed by atoms with van der Waals surface area (Å²) in [6.45, 7) is 4.68. The fourth-order valence-corrected chi connectivity index (χ4v) is 7.29. The van der Waals surface area contributed by atoms with Crippen molar-refractivity contribution in [3.63, 3.8) is 0 Å². The summed E-state index contributed by atoms with van der Waals surface area (Å²) in [7, 11) is 0. The number of rotatable bonds is 9. The highest BCUT2D eigenvalue weighted by Gasteiger charge is 2.44. The van der Waals surface area contributed by atoms with E-state index in [2.05, 4.69) is 53.9 Å². The largest absolute Gasteiger partial charge is 0.385 e. The summed E-state index contributed by atoms with van der Waals surface area (Å²) in [6, 6.07) is 10.8. The summed E-state index contributed by atoms with van der Waals surface area (Å²) in [5, 5.41) is 13.7. The van der Waals surface area contributed by atoms with Gasteiger partial charge in [-0.05, 0) is 74.4 Å². The van der Waals surface area contributed by atoms with E-state index in [9.17, 15) is 19.2 Å².